The molecule has 1 nitrogen and oxygen atoms in total. The highest BCUT2D eigenvalue weighted by molar-refractivity contribution is 6.20. The van der Waals surface area contributed by atoms with Gasteiger partial charge in [-0.05, 0) is 30.0 Å². The summed E-state index contributed by atoms with van der Waals surface area (Å²) in [6.07, 6.45) is 3.84. The Kier molecular flexibility index (Phi) is 2.97. The standard InChI is InChI=1S/C12H15ClO/c1-14-11-6-4-10(5-7-11)12(13)8-9-2-3-9/h4-7,9,12H,2-3,8H2,1H3. The Morgan fingerprint density at radius 1 is 1.36 bits per heavy atom. The first kappa shape index (κ1) is 9.85. The van der Waals surface area contributed by atoms with Gasteiger partial charge in [0.2, 0.25) is 0 Å². The van der Waals surface area contributed by atoms with Gasteiger partial charge in [-0.3, -0.25) is 0 Å². The van der Waals surface area contributed by atoms with Crippen LogP contribution in [0.2, 0.25) is 0 Å². The maximum absolute atomic E-state index is 6.30. The molecule has 1 fully saturated rings. The van der Waals surface area contributed by atoms with E-state index in [1.165, 1.54) is 18.4 Å². The number of methoxy groups -OCH3 is 1. The molecule has 1 aromatic rings. The highest BCUT2D eigenvalue weighted by Crippen LogP contribution is 2.40. The molecule has 1 aliphatic rings. The Morgan fingerprint density at radius 3 is 2.50 bits per heavy atom. The first-order chi connectivity index (χ1) is 6.79. The van der Waals surface area contributed by atoms with Gasteiger partial charge in [0, 0.05) is 0 Å². The van der Waals surface area contributed by atoms with Crippen LogP contribution >= 0.6 is 11.6 Å². The third-order valence-corrected chi connectivity index (χ3v) is 3.14. The summed E-state index contributed by atoms with van der Waals surface area (Å²) in [5.41, 5.74) is 1.21. The number of halogens is 1. The maximum atomic E-state index is 6.30. The Hall–Kier alpha value is -0.690. The van der Waals surface area contributed by atoms with E-state index in [1.54, 1.807) is 7.11 Å². The highest BCUT2D eigenvalue weighted by Gasteiger charge is 2.25. The molecule has 0 aliphatic heterocycles. The molecule has 0 amide bonds. The second-order valence-electron chi connectivity index (χ2n) is 3.92. The molecule has 0 bridgehead atoms. The Labute approximate surface area is 90.0 Å². The summed E-state index contributed by atoms with van der Waals surface area (Å²) in [6.45, 7) is 0. The lowest BCUT2D eigenvalue weighted by molar-refractivity contribution is 0.414. The molecular weight excluding hydrogens is 196 g/mol. The fraction of sp³-hybridized carbons (Fsp3) is 0.500. The van der Waals surface area contributed by atoms with E-state index >= 15 is 0 Å². The zero-order valence-electron chi connectivity index (χ0n) is 8.37. The smallest absolute Gasteiger partial charge is 0.118 e. The summed E-state index contributed by atoms with van der Waals surface area (Å²) in [5, 5.41) is 0.174. The molecule has 1 saturated carbocycles. The monoisotopic (exact) mass is 210 g/mol. The summed E-state index contributed by atoms with van der Waals surface area (Å²) in [5.74, 6) is 1.77. The third-order valence-electron chi connectivity index (χ3n) is 2.71. The van der Waals surface area contributed by atoms with E-state index in [2.05, 4.69) is 12.1 Å². The van der Waals surface area contributed by atoms with E-state index < -0.39 is 0 Å². The summed E-state index contributed by atoms with van der Waals surface area (Å²) >= 11 is 6.30. The van der Waals surface area contributed by atoms with Crippen molar-refractivity contribution < 1.29 is 4.74 Å². The Balaban J connectivity index is 1.99. The van der Waals surface area contributed by atoms with E-state index in [4.69, 9.17) is 16.3 Å². The normalized spacial score (nSPS) is 17.9. The van der Waals surface area contributed by atoms with Gasteiger partial charge in [-0.1, -0.05) is 25.0 Å². The summed E-state index contributed by atoms with van der Waals surface area (Å²) in [4.78, 5) is 0. The van der Waals surface area contributed by atoms with Crippen LogP contribution in [0.15, 0.2) is 24.3 Å². The molecule has 14 heavy (non-hydrogen) atoms. The summed E-state index contributed by atoms with van der Waals surface area (Å²) < 4.78 is 5.10. The van der Waals surface area contributed by atoms with Gasteiger partial charge < -0.3 is 4.74 Å². The van der Waals surface area contributed by atoms with E-state index in [1.807, 2.05) is 12.1 Å². The molecule has 0 heterocycles. The number of hydrogen-bond donors (Lipinski definition) is 0. The third kappa shape index (κ3) is 2.42. The zero-order valence-corrected chi connectivity index (χ0v) is 9.13. The molecular formula is C12H15ClO. The van der Waals surface area contributed by atoms with Gasteiger partial charge in [0.15, 0.2) is 0 Å². The van der Waals surface area contributed by atoms with Crippen LogP contribution in [0.3, 0.4) is 0 Å². The van der Waals surface area contributed by atoms with Gasteiger partial charge in [0.05, 0.1) is 12.5 Å². The minimum absolute atomic E-state index is 0.174. The van der Waals surface area contributed by atoms with E-state index in [-0.39, 0.29) is 5.38 Å². The van der Waals surface area contributed by atoms with Crippen LogP contribution in [-0.4, -0.2) is 7.11 Å². The minimum atomic E-state index is 0.174. The molecule has 0 N–H and O–H groups in total. The molecule has 0 spiro atoms. The first-order valence-corrected chi connectivity index (χ1v) is 5.51. The van der Waals surface area contributed by atoms with Gasteiger partial charge in [-0.2, -0.15) is 0 Å². The molecule has 1 atom stereocenters. The lowest BCUT2D eigenvalue weighted by atomic mass is 10.1. The van der Waals surface area contributed by atoms with Gasteiger partial charge in [-0.25, -0.2) is 0 Å². The number of alkyl halides is 1. The van der Waals surface area contributed by atoms with Gasteiger partial charge in [0.1, 0.15) is 5.75 Å². The fourth-order valence-electron chi connectivity index (χ4n) is 1.60. The van der Waals surface area contributed by atoms with Crippen LogP contribution in [0.4, 0.5) is 0 Å². The lowest BCUT2D eigenvalue weighted by Gasteiger charge is -2.09. The van der Waals surface area contributed by atoms with Crippen molar-refractivity contribution in [1.82, 2.24) is 0 Å². The first-order valence-electron chi connectivity index (χ1n) is 5.07. The molecule has 2 heteroatoms. The molecule has 0 saturated heterocycles. The lowest BCUT2D eigenvalue weighted by Crippen LogP contribution is -1.92. The van der Waals surface area contributed by atoms with Gasteiger partial charge in [0.25, 0.3) is 0 Å². The van der Waals surface area contributed by atoms with Gasteiger partial charge in [-0.15, -0.1) is 11.6 Å². The van der Waals surface area contributed by atoms with Crippen LogP contribution < -0.4 is 4.74 Å². The predicted molar refractivity (Wildman–Crippen MR) is 58.9 cm³/mol. The van der Waals surface area contributed by atoms with E-state index in [0.29, 0.717) is 0 Å². The number of hydrogen-bond acceptors (Lipinski definition) is 1. The fourth-order valence-corrected chi connectivity index (χ4v) is 1.99. The van der Waals surface area contributed by atoms with Crippen LogP contribution in [0.25, 0.3) is 0 Å². The van der Waals surface area contributed by atoms with E-state index in [0.717, 1.165) is 18.1 Å². The van der Waals surface area contributed by atoms with Crippen LogP contribution in [-0.2, 0) is 0 Å². The molecule has 0 aromatic heterocycles. The molecule has 76 valence electrons. The minimum Gasteiger partial charge on any atom is -0.497 e. The SMILES string of the molecule is COc1ccc(C(Cl)CC2CC2)cc1. The van der Waals surface area contributed by atoms with Crippen molar-refractivity contribution in [3.8, 4) is 5.75 Å². The number of benzene rings is 1. The van der Waals surface area contributed by atoms with Crippen molar-refractivity contribution in [3.63, 3.8) is 0 Å². The van der Waals surface area contributed by atoms with Crippen molar-refractivity contribution >= 4 is 11.6 Å². The summed E-state index contributed by atoms with van der Waals surface area (Å²) in [6, 6.07) is 8.05. The topological polar surface area (TPSA) is 9.23 Å². The second kappa shape index (κ2) is 4.22. The van der Waals surface area contributed by atoms with Crippen LogP contribution in [0, 0.1) is 5.92 Å². The Bertz CT molecular complexity index is 290. The maximum Gasteiger partial charge on any atom is 0.118 e. The van der Waals surface area contributed by atoms with Crippen LogP contribution in [0.1, 0.15) is 30.2 Å². The average molecular weight is 211 g/mol. The average Bonchev–Trinajstić information content (AvgIpc) is 3.02. The van der Waals surface area contributed by atoms with Crippen molar-refractivity contribution in [1.29, 1.82) is 0 Å². The van der Waals surface area contributed by atoms with Crippen molar-refractivity contribution in [3.05, 3.63) is 29.8 Å². The molecule has 1 aliphatic carbocycles. The number of rotatable bonds is 4. The molecule has 1 unspecified atom stereocenters. The molecule has 1 aromatic carbocycles. The van der Waals surface area contributed by atoms with Crippen molar-refractivity contribution in [2.24, 2.45) is 5.92 Å². The van der Waals surface area contributed by atoms with Crippen molar-refractivity contribution in [2.75, 3.05) is 7.11 Å². The quantitative estimate of drug-likeness (QED) is 0.688. The number of ether oxygens (including phenoxy) is 1. The zero-order chi connectivity index (χ0) is 9.97. The summed E-state index contributed by atoms with van der Waals surface area (Å²) in [7, 11) is 1.68. The molecule has 2 rings (SSSR count). The van der Waals surface area contributed by atoms with Crippen molar-refractivity contribution in [2.45, 2.75) is 24.6 Å². The second-order valence-corrected chi connectivity index (χ2v) is 4.45. The largest absolute Gasteiger partial charge is 0.497 e. The van der Waals surface area contributed by atoms with Crippen LogP contribution in [0.5, 0.6) is 5.75 Å². The Morgan fingerprint density at radius 2 is 2.00 bits per heavy atom. The highest BCUT2D eigenvalue weighted by atomic mass is 35.5. The molecule has 0 radical (unpaired) electrons. The predicted octanol–water partition coefficient (Wildman–Crippen LogP) is 3.78. The van der Waals surface area contributed by atoms with E-state index in [9.17, 15) is 0 Å². The van der Waals surface area contributed by atoms with Gasteiger partial charge >= 0.3 is 0 Å².